The number of nitrogens with zero attached hydrogens (tertiary/aromatic N) is 2. The van der Waals surface area contributed by atoms with Gasteiger partial charge < -0.3 is 34.5 Å². The molecule has 15 nitrogen and oxygen atoms in total. The average Bonchev–Trinajstić information content (AvgIpc) is 3.36. The highest BCUT2D eigenvalue weighted by atomic mass is 32.2. The Morgan fingerprint density at radius 1 is 0.900 bits per heavy atom. The Bertz CT molecular complexity index is 2130. The molecule has 6 rings (SSSR count). The van der Waals surface area contributed by atoms with Crippen molar-refractivity contribution in [3.8, 4) is 5.75 Å². The number of aliphatic carboxylic acids is 1. The first kappa shape index (κ1) is 34.0. The van der Waals surface area contributed by atoms with E-state index in [-0.39, 0.29) is 22.3 Å². The molecule has 3 aromatic carbocycles. The van der Waals surface area contributed by atoms with Crippen LogP contribution in [0.1, 0.15) is 37.1 Å². The summed E-state index contributed by atoms with van der Waals surface area (Å²) in [4.78, 5) is 93.7. The van der Waals surface area contributed by atoms with Gasteiger partial charge in [0.25, 0.3) is 5.56 Å². The SMILES string of the molecule is COC(=O)Oc1cccc2c(=O)n([C@H](C(=O)N[C@@H](C(=O)N[C@@H]3C(=O)N4C3SC(C)(C)C4C(=O)O)c3ccccc3)c3ccccc3)c(=O)oc12. The maximum Gasteiger partial charge on any atom is 0.513 e. The monoisotopic (exact) mass is 702 g/mol. The van der Waals surface area contributed by atoms with E-state index in [1.807, 2.05) is 0 Å². The van der Waals surface area contributed by atoms with Gasteiger partial charge >= 0.3 is 17.9 Å². The molecule has 3 amide bonds. The zero-order valence-corrected chi connectivity index (χ0v) is 27.5. The van der Waals surface area contributed by atoms with Crippen molar-refractivity contribution in [1.29, 1.82) is 0 Å². The van der Waals surface area contributed by atoms with Crippen molar-refractivity contribution in [1.82, 2.24) is 20.1 Å². The zero-order chi connectivity index (χ0) is 35.9. The van der Waals surface area contributed by atoms with Gasteiger partial charge in [0, 0.05) is 4.75 Å². The summed E-state index contributed by atoms with van der Waals surface area (Å²) in [6, 6.07) is 14.7. The number of fused-ring (bicyclic) bond motifs is 2. The number of benzene rings is 3. The number of nitrogens with one attached hydrogen (secondary N) is 2. The summed E-state index contributed by atoms with van der Waals surface area (Å²) in [6.07, 6.45) is -1.12. The molecule has 0 aliphatic carbocycles. The molecule has 2 saturated heterocycles. The molecule has 258 valence electrons. The standard InChI is InChI=1S/C34H30N4O11S/c1-34(2)25(31(43)44)38-29(42)22(30(38)50-34)36-26(39)21(17-11-6-4-7-12-17)35-27(40)23(18-13-8-5-9-14-18)37-28(41)19-15-10-16-20(48-33(46)47-3)24(19)49-32(37)45/h4-16,21-23,25,30H,1-3H3,(H,35,40)(H,36,39)(H,43,44)/t21-,22-,23+,25?,30?/m1/s1. The van der Waals surface area contributed by atoms with E-state index < -0.39 is 75.4 Å². The number of β-lactam (4-membered cyclic amide) rings is 1. The van der Waals surface area contributed by atoms with Gasteiger partial charge in [0.05, 0.1) is 12.5 Å². The second-order valence-electron chi connectivity index (χ2n) is 12.0. The molecule has 0 radical (unpaired) electrons. The van der Waals surface area contributed by atoms with Crippen molar-refractivity contribution in [2.45, 2.75) is 48.1 Å². The van der Waals surface area contributed by atoms with E-state index in [0.29, 0.717) is 10.1 Å². The Morgan fingerprint density at radius 2 is 1.54 bits per heavy atom. The van der Waals surface area contributed by atoms with Crippen LogP contribution in [0.2, 0.25) is 0 Å². The van der Waals surface area contributed by atoms with Crippen LogP contribution in [0.15, 0.2) is 92.9 Å². The lowest BCUT2D eigenvalue weighted by atomic mass is 9.95. The van der Waals surface area contributed by atoms with Gasteiger partial charge in [-0.05, 0) is 37.1 Å². The molecule has 0 bridgehead atoms. The number of para-hydroxylation sites is 1. The summed E-state index contributed by atoms with van der Waals surface area (Å²) in [5, 5.41) is 14.2. The lowest BCUT2D eigenvalue weighted by Gasteiger charge is -2.44. The van der Waals surface area contributed by atoms with Crippen LogP contribution in [-0.2, 0) is 23.9 Å². The predicted molar refractivity (Wildman–Crippen MR) is 177 cm³/mol. The first-order valence-electron chi connectivity index (χ1n) is 15.2. The van der Waals surface area contributed by atoms with E-state index in [0.717, 1.165) is 7.11 Å². The van der Waals surface area contributed by atoms with E-state index in [4.69, 9.17) is 9.15 Å². The molecule has 1 aromatic heterocycles. The van der Waals surface area contributed by atoms with Crippen molar-refractivity contribution in [3.63, 3.8) is 0 Å². The third-order valence-electron chi connectivity index (χ3n) is 8.45. The Labute approximate surface area is 287 Å². The summed E-state index contributed by atoms with van der Waals surface area (Å²) in [6.45, 7) is 3.41. The highest BCUT2D eigenvalue weighted by Gasteiger charge is 2.64. The Kier molecular flexibility index (Phi) is 8.96. The largest absolute Gasteiger partial charge is 0.513 e. The first-order chi connectivity index (χ1) is 23.8. The second-order valence-corrected chi connectivity index (χ2v) is 13.8. The number of hydrogen-bond donors (Lipinski definition) is 3. The van der Waals surface area contributed by atoms with Crippen LogP contribution in [-0.4, -0.2) is 73.7 Å². The van der Waals surface area contributed by atoms with E-state index in [1.54, 1.807) is 62.4 Å². The molecule has 0 spiro atoms. The molecule has 2 unspecified atom stereocenters. The molecule has 5 atom stereocenters. The maximum absolute atomic E-state index is 14.3. The van der Waals surface area contributed by atoms with Gasteiger partial charge in [-0.3, -0.25) is 19.2 Å². The number of carbonyl (C=O) groups excluding carboxylic acids is 4. The number of carboxylic acids is 1. The van der Waals surface area contributed by atoms with Gasteiger partial charge in [-0.15, -0.1) is 11.8 Å². The maximum atomic E-state index is 14.3. The minimum Gasteiger partial charge on any atom is -0.480 e. The predicted octanol–water partition coefficient (Wildman–Crippen LogP) is 2.18. The molecule has 3 heterocycles. The van der Waals surface area contributed by atoms with Crippen LogP contribution < -0.4 is 26.7 Å². The van der Waals surface area contributed by atoms with Gasteiger partial charge in [-0.2, -0.15) is 0 Å². The average molecular weight is 703 g/mol. The molecular weight excluding hydrogens is 672 g/mol. The normalized spacial score (nSPS) is 20.2. The van der Waals surface area contributed by atoms with Gasteiger partial charge in [0.15, 0.2) is 11.3 Å². The van der Waals surface area contributed by atoms with E-state index in [1.165, 1.54) is 47.0 Å². The number of carboxylic acid groups (broad SMARTS) is 1. The summed E-state index contributed by atoms with van der Waals surface area (Å²) in [7, 11) is 1.07. The van der Waals surface area contributed by atoms with Gasteiger partial charge in [0.1, 0.15) is 29.5 Å². The highest BCUT2D eigenvalue weighted by molar-refractivity contribution is 8.01. The number of aromatic nitrogens is 1. The molecule has 2 aliphatic rings. The van der Waals surface area contributed by atoms with Gasteiger partial charge in [-0.1, -0.05) is 66.7 Å². The Balaban J connectivity index is 1.36. The highest BCUT2D eigenvalue weighted by Crippen LogP contribution is 2.50. The van der Waals surface area contributed by atoms with Crippen LogP contribution >= 0.6 is 11.8 Å². The molecule has 3 N–H and O–H groups in total. The number of hydrogen-bond acceptors (Lipinski definition) is 11. The fourth-order valence-corrected chi connectivity index (χ4v) is 7.80. The number of thioether (sulfide) groups is 1. The zero-order valence-electron chi connectivity index (χ0n) is 26.7. The molecular formula is C34H30N4O11S. The van der Waals surface area contributed by atoms with Gasteiger partial charge in [0.2, 0.25) is 17.7 Å². The van der Waals surface area contributed by atoms with Crippen molar-refractivity contribution < 1.29 is 43.0 Å². The molecule has 2 aliphatic heterocycles. The molecule has 0 saturated carbocycles. The molecule has 50 heavy (non-hydrogen) atoms. The molecule has 2 fully saturated rings. The van der Waals surface area contributed by atoms with Crippen molar-refractivity contribution in [2.75, 3.05) is 7.11 Å². The van der Waals surface area contributed by atoms with Crippen LogP contribution in [0.3, 0.4) is 0 Å². The fourth-order valence-electron chi connectivity index (χ4n) is 6.18. The van der Waals surface area contributed by atoms with Crippen LogP contribution in [0, 0.1) is 0 Å². The third kappa shape index (κ3) is 5.97. The molecule has 4 aromatic rings. The number of ether oxygens (including phenoxy) is 2. The van der Waals surface area contributed by atoms with Crippen molar-refractivity contribution >= 4 is 52.6 Å². The van der Waals surface area contributed by atoms with Crippen LogP contribution in [0.4, 0.5) is 4.79 Å². The third-order valence-corrected chi connectivity index (χ3v) is 10.0. The molecule has 16 heteroatoms. The fraction of sp³-hybridized carbons (Fsp3) is 0.265. The topological polar surface area (TPSA) is 204 Å². The second kappa shape index (κ2) is 13.2. The van der Waals surface area contributed by atoms with Gasteiger partial charge in [-0.25, -0.2) is 19.0 Å². The van der Waals surface area contributed by atoms with E-state index in [9.17, 15) is 38.7 Å². The van der Waals surface area contributed by atoms with E-state index >= 15 is 0 Å². The van der Waals surface area contributed by atoms with Crippen LogP contribution in [0.25, 0.3) is 11.0 Å². The Morgan fingerprint density at radius 3 is 2.16 bits per heavy atom. The number of rotatable bonds is 9. The van der Waals surface area contributed by atoms with Crippen molar-refractivity contribution in [2.24, 2.45) is 0 Å². The number of methoxy groups -OCH3 is 1. The minimum atomic E-state index is -1.66. The Hall–Kier alpha value is -5.90. The summed E-state index contributed by atoms with van der Waals surface area (Å²) >= 11 is 1.24. The summed E-state index contributed by atoms with van der Waals surface area (Å²) < 4.78 is 14.7. The summed E-state index contributed by atoms with van der Waals surface area (Å²) in [5.74, 6) is -4.99. The van der Waals surface area contributed by atoms with Crippen LogP contribution in [0.5, 0.6) is 5.75 Å². The smallest absolute Gasteiger partial charge is 0.480 e. The van der Waals surface area contributed by atoms with Crippen molar-refractivity contribution in [3.05, 3.63) is 111 Å². The van der Waals surface area contributed by atoms with E-state index in [2.05, 4.69) is 15.4 Å². The summed E-state index contributed by atoms with van der Waals surface area (Å²) in [5.41, 5.74) is -0.790. The number of amides is 3. The first-order valence-corrected chi connectivity index (χ1v) is 16.1. The minimum absolute atomic E-state index is 0.193. The number of carbonyl (C=O) groups is 5. The lowest BCUT2D eigenvalue weighted by molar-refractivity contribution is -0.161. The lowest BCUT2D eigenvalue weighted by Crippen LogP contribution is -2.71. The quantitative estimate of drug-likeness (QED) is 0.131.